The van der Waals surface area contributed by atoms with Crippen molar-refractivity contribution < 1.29 is 5.48 Å². The topological polar surface area (TPSA) is 4.93 Å². The van der Waals surface area contributed by atoms with E-state index in [1.54, 1.807) is 0 Å². The highest BCUT2D eigenvalue weighted by Crippen LogP contribution is 2.57. The molecule has 0 amide bonds. The first kappa shape index (κ1) is 29.3. The fourth-order valence-electron chi connectivity index (χ4n) is 10.6. The van der Waals surface area contributed by atoms with E-state index in [1.807, 2.05) is 18.2 Å². The molecule has 0 N–H and O–H groups in total. The van der Waals surface area contributed by atoms with Crippen LogP contribution in [-0.4, -0.2) is 12.6 Å². The molecular formula is C56H39NSi. The third-order valence-electron chi connectivity index (χ3n) is 12.9. The normalized spacial score (nSPS) is 16.2. The van der Waals surface area contributed by atoms with Gasteiger partial charge in [0.05, 0.1) is 22.2 Å². The van der Waals surface area contributed by atoms with Crippen LogP contribution in [0.1, 0.15) is 50.7 Å². The highest BCUT2D eigenvalue weighted by Gasteiger charge is 2.50. The van der Waals surface area contributed by atoms with Crippen molar-refractivity contribution in [3.8, 4) is 16.8 Å². The average molecular weight is 758 g/mol. The van der Waals surface area contributed by atoms with Crippen LogP contribution in [0.2, 0.25) is 0 Å². The quantitative estimate of drug-likeness (QED) is 0.118. The molecule has 0 fully saturated rings. The monoisotopic (exact) mass is 757 g/mol. The van der Waals surface area contributed by atoms with Gasteiger partial charge in [0.15, 0.2) is 8.07 Å². The van der Waals surface area contributed by atoms with Gasteiger partial charge < -0.3 is 4.57 Å². The molecule has 13 rings (SSSR count). The zero-order valence-corrected chi connectivity index (χ0v) is 32.7. The predicted octanol–water partition coefficient (Wildman–Crippen LogP) is 10.8. The van der Waals surface area contributed by atoms with Crippen LogP contribution in [0, 0.1) is 0 Å². The molecule has 10 aromatic rings. The van der Waals surface area contributed by atoms with Gasteiger partial charge in [-0.2, -0.15) is 0 Å². The number of rotatable bonds is 6. The molecule has 2 heteroatoms. The Labute approximate surface area is 345 Å². The molecule has 272 valence electrons. The zero-order valence-electron chi connectivity index (χ0n) is 35.7. The summed E-state index contributed by atoms with van der Waals surface area (Å²) in [5, 5.41) is 6.65. The lowest BCUT2D eigenvalue weighted by molar-refractivity contribution is 0.752. The molecule has 0 spiro atoms. The SMILES string of the molecule is [2H]c1c([2H])c([2H])c2c(c1[2H])c1ccccc1n2-c1cccc2c1C1c3ccccc3C2c2cccc([Si](c3ccccc3)(c3ccccc3)c3ccc(-c4ccccc4)cc3)c21. The number of para-hydroxylation sites is 2. The summed E-state index contributed by atoms with van der Waals surface area (Å²) in [6.07, 6.45) is 0. The van der Waals surface area contributed by atoms with E-state index in [2.05, 4.69) is 187 Å². The Bertz CT molecular complexity index is 3360. The standard InChI is InChI=1S/C56H39NSi/c1-4-18-38(19-5-1)39-34-36-42(37-35-39)58(40-20-6-2-7-21-40,41-22-8-3-9-23-41)52-33-17-29-48-53-45-26-10-11-27-46(45)56(55(48)52)54-47(53)28-16-32-51(54)57-49-30-14-12-24-43(49)44-25-13-15-31-50(44)57/h1-37,53,56H/i12D,14D,24D,30D. The summed E-state index contributed by atoms with van der Waals surface area (Å²) in [7, 11) is -3.09. The van der Waals surface area contributed by atoms with Crippen LogP contribution in [0.3, 0.4) is 0 Å². The third kappa shape index (κ3) is 4.64. The van der Waals surface area contributed by atoms with Gasteiger partial charge in [-0.05, 0) is 83.4 Å². The van der Waals surface area contributed by atoms with Crippen molar-refractivity contribution in [1.29, 1.82) is 0 Å². The average Bonchev–Trinajstić information content (AvgIpc) is 3.69. The maximum Gasteiger partial charge on any atom is 0.179 e. The number of aromatic nitrogens is 1. The lowest BCUT2D eigenvalue weighted by atomic mass is 9.60. The summed E-state index contributed by atoms with van der Waals surface area (Å²) in [6.45, 7) is 0. The largest absolute Gasteiger partial charge is 0.309 e. The minimum atomic E-state index is -3.09. The summed E-state index contributed by atoms with van der Waals surface area (Å²) >= 11 is 0. The number of benzene rings is 9. The third-order valence-corrected chi connectivity index (χ3v) is 17.7. The summed E-state index contributed by atoms with van der Waals surface area (Å²) in [4.78, 5) is 0. The maximum absolute atomic E-state index is 9.39. The van der Waals surface area contributed by atoms with Crippen LogP contribution in [0.5, 0.6) is 0 Å². The van der Waals surface area contributed by atoms with Crippen LogP contribution < -0.4 is 20.7 Å². The Kier molecular flexibility index (Phi) is 6.57. The van der Waals surface area contributed by atoms with E-state index >= 15 is 0 Å². The van der Waals surface area contributed by atoms with Gasteiger partial charge in [-0.1, -0.05) is 206 Å². The molecule has 1 aromatic heterocycles. The molecule has 9 aromatic carbocycles. The van der Waals surface area contributed by atoms with E-state index in [4.69, 9.17) is 4.11 Å². The molecule has 1 heterocycles. The van der Waals surface area contributed by atoms with Crippen LogP contribution in [-0.2, 0) is 0 Å². The van der Waals surface area contributed by atoms with Crippen molar-refractivity contribution in [2.45, 2.75) is 11.8 Å². The molecule has 1 nitrogen and oxygen atoms in total. The Morgan fingerprint density at radius 3 is 1.64 bits per heavy atom. The number of hydrogen-bond donors (Lipinski definition) is 0. The molecular weight excluding hydrogens is 715 g/mol. The second-order valence-electron chi connectivity index (χ2n) is 15.6. The van der Waals surface area contributed by atoms with Crippen LogP contribution in [0.4, 0.5) is 0 Å². The van der Waals surface area contributed by atoms with Crippen molar-refractivity contribution >= 4 is 50.6 Å². The molecule has 3 aliphatic carbocycles. The Morgan fingerprint density at radius 1 is 0.379 bits per heavy atom. The van der Waals surface area contributed by atoms with Crippen molar-refractivity contribution in [1.82, 2.24) is 4.57 Å². The Hall–Kier alpha value is -7.00. The molecule has 2 atom stereocenters. The smallest absolute Gasteiger partial charge is 0.179 e. The minimum absolute atomic E-state index is 0.0139. The van der Waals surface area contributed by atoms with Crippen molar-refractivity contribution in [3.63, 3.8) is 0 Å². The van der Waals surface area contributed by atoms with E-state index < -0.39 is 8.07 Å². The van der Waals surface area contributed by atoms with Gasteiger partial charge in [0.2, 0.25) is 0 Å². The van der Waals surface area contributed by atoms with E-state index in [0.717, 1.165) is 16.6 Å². The highest BCUT2D eigenvalue weighted by atomic mass is 28.3. The van der Waals surface area contributed by atoms with E-state index in [-0.39, 0.29) is 36.0 Å². The molecule has 2 bridgehead atoms. The molecule has 58 heavy (non-hydrogen) atoms. The van der Waals surface area contributed by atoms with E-state index in [1.165, 1.54) is 65.3 Å². The predicted molar refractivity (Wildman–Crippen MR) is 245 cm³/mol. The summed E-state index contributed by atoms with van der Waals surface area (Å²) in [6, 6.07) is 72.4. The summed E-state index contributed by atoms with van der Waals surface area (Å²) in [5.74, 6) is -0.204. The van der Waals surface area contributed by atoms with Gasteiger partial charge in [-0.15, -0.1) is 0 Å². The van der Waals surface area contributed by atoms with Gasteiger partial charge in [-0.25, -0.2) is 0 Å². The summed E-state index contributed by atoms with van der Waals surface area (Å²) in [5.41, 5.74) is 12.4. The first-order valence-electron chi connectivity index (χ1n) is 22.1. The molecule has 0 saturated heterocycles. The Morgan fingerprint density at radius 2 is 0.914 bits per heavy atom. The van der Waals surface area contributed by atoms with Crippen molar-refractivity contribution in [3.05, 3.63) is 258 Å². The van der Waals surface area contributed by atoms with E-state index in [0.29, 0.717) is 10.9 Å². The first-order valence-corrected chi connectivity index (χ1v) is 22.1. The number of nitrogens with zero attached hydrogens (tertiary/aromatic N) is 1. The maximum atomic E-state index is 9.39. The fourth-order valence-corrected chi connectivity index (χ4v) is 15.6. The van der Waals surface area contributed by atoms with Gasteiger partial charge in [0, 0.05) is 22.6 Å². The van der Waals surface area contributed by atoms with Crippen molar-refractivity contribution in [2.75, 3.05) is 0 Å². The molecule has 0 radical (unpaired) electrons. The fraction of sp³-hybridized carbons (Fsp3) is 0.0357. The van der Waals surface area contributed by atoms with Crippen LogP contribution in [0.25, 0.3) is 38.6 Å². The number of fused-ring (bicyclic) bond motifs is 3. The van der Waals surface area contributed by atoms with Crippen LogP contribution in [0.15, 0.2) is 224 Å². The second-order valence-corrected chi connectivity index (χ2v) is 19.4. The van der Waals surface area contributed by atoms with Crippen LogP contribution >= 0.6 is 0 Å². The second kappa shape index (κ2) is 13.0. The highest BCUT2D eigenvalue weighted by molar-refractivity contribution is 7.20. The van der Waals surface area contributed by atoms with E-state index in [9.17, 15) is 1.37 Å². The van der Waals surface area contributed by atoms with Crippen molar-refractivity contribution in [2.24, 2.45) is 0 Å². The first-order chi connectivity index (χ1) is 30.5. The number of hydrogen-bond acceptors (Lipinski definition) is 0. The molecule has 0 aliphatic heterocycles. The minimum Gasteiger partial charge on any atom is -0.309 e. The molecule has 3 aliphatic rings. The molecule has 2 unspecified atom stereocenters. The van der Waals surface area contributed by atoms with Gasteiger partial charge in [-0.3, -0.25) is 0 Å². The summed E-state index contributed by atoms with van der Waals surface area (Å²) < 4.78 is 38.2. The van der Waals surface area contributed by atoms with Gasteiger partial charge in [0.1, 0.15) is 0 Å². The molecule has 0 saturated carbocycles. The zero-order chi connectivity index (χ0) is 41.7. The van der Waals surface area contributed by atoms with Gasteiger partial charge in [0.25, 0.3) is 0 Å². The lowest BCUT2D eigenvalue weighted by Crippen LogP contribution is -2.75. The lowest BCUT2D eigenvalue weighted by Gasteiger charge is -2.47. The Balaban J connectivity index is 1.20. The van der Waals surface area contributed by atoms with Gasteiger partial charge >= 0.3 is 0 Å².